The van der Waals surface area contributed by atoms with Gasteiger partial charge in [-0.15, -0.1) is 0 Å². The van der Waals surface area contributed by atoms with Crippen LogP contribution >= 0.6 is 0 Å². The van der Waals surface area contributed by atoms with Gasteiger partial charge in [0.05, 0.1) is 30.2 Å². The van der Waals surface area contributed by atoms with E-state index < -0.39 is 35.9 Å². The number of hydrogen-bond donors (Lipinski definition) is 2. The van der Waals surface area contributed by atoms with E-state index in [-0.39, 0.29) is 25.4 Å². The van der Waals surface area contributed by atoms with Gasteiger partial charge in [-0.2, -0.15) is 10.2 Å². The van der Waals surface area contributed by atoms with Crippen LogP contribution in [0.25, 0.3) is 11.3 Å². The Balaban J connectivity index is 1.13. The molecule has 0 spiro atoms. The van der Waals surface area contributed by atoms with Crippen molar-refractivity contribution < 1.29 is 28.1 Å². The molecule has 2 atom stereocenters. The zero-order valence-electron chi connectivity index (χ0n) is 21.3. The summed E-state index contributed by atoms with van der Waals surface area (Å²) in [5, 5.41) is 30.9. The van der Waals surface area contributed by atoms with E-state index >= 15 is 0 Å². The van der Waals surface area contributed by atoms with Gasteiger partial charge in [0.15, 0.2) is 11.6 Å². The van der Waals surface area contributed by atoms with Gasteiger partial charge < -0.3 is 14.9 Å². The van der Waals surface area contributed by atoms with Crippen molar-refractivity contribution in [1.29, 1.82) is 0 Å². The number of hydrazone groups is 1. The molecule has 0 amide bonds. The van der Waals surface area contributed by atoms with Crippen molar-refractivity contribution in [3.8, 4) is 17.0 Å². The molecule has 1 aliphatic carbocycles. The molecule has 39 heavy (non-hydrogen) atoms. The molecular formula is C27H29F3N6O3. The second kappa shape index (κ2) is 10.2. The third-order valence-electron chi connectivity index (χ3n) is 7.50. The van der Waals surface area contributed by atoms with Crippen molar-refractivity contribution in [3.05, 3.63) is 64.9 Å². The predicted molar refractivity (Wildman–Crippen MR) is 135 cm³/mol. The molecular weight excluding hydrogens is 513 g/mol. The SMILES string of the molecule is Cc1c(-c2cc(OC3CN(C(O)N4N=CC[C@H]4c4cc(F)cc(F)c4)C3)c(F)cn2)c(CO)nn1CC1CC1. The number of benzene rings is 1. The summed E-state index contributed by atoms with van der Waals surface area (Å²) in [6.07, 6.45) is 3.85. The standard InChI is InChI=1S/C27H29F3N6O3/c1-15-26(23(14-37)33-35(15)11-16-2-3-16)22-9-25(21(30)10-31-22)39-20-12-34(13-20)27(38)36-24(4-5-32-36)17-6-18(28)8-19(29)7-17/h5-10,16,20,24,27,37-38H,2-4,11-14H2,1H3/t24-,27?/m0/s1. The van der Waals surface area contributed by atoms with E-state index in [1.807, 2.05) is 11.6 Å². The average Bonchev–Trinajstić information content (AvgIpc) is 3.45. The first-order valence-electron chi connectivity index (χ1n) is 13.0. The molecule has 4 heterocycles. The molecule has 206 valence electrons. The van der Waals surface area contributed by atoms with Gasteiger partial charge in [-0.3, -0.25) is 14.6 Å². The van der Waals surface area contributed by atoms with Crippen molar-refractivity contribution in [1.82, 2.24) is 24.7 Å². The second-order valence-corrected chi connectivity index (χ2v) is 10.4. The van der Waals surface area contributed by atoms with Crippen LogP contribution in [-0.2, 0) is 13.2 Å². The van der Waals surface area contributed by atoms with Gasteiger partial charge in [0.1, 0.15) is 17.7 Å². The molecule has 3 aromatic rings. The van der Waals surface area contributed by atoms with E-state index in [1.54, 1.807) is 11.1 Å². The number of ether oxygens (including phenoxy) is 1. The van der Waals surface area contributed by atoms with Crippen molar-refractivity contribution in [2.45, 2.75) is 57.8 Å². The number of aromatic nitrogens is 3. The third-order valence-corrected chi connectivity index (χ3v) is 7.50. The van der Waals surface area contributed by atoms with Crippen LogP contribution in [0.3, 0.4) is 0 Å². The Hall–Kier alpha value is -3.48. The summed E-state index contributed by atoms with van der Waals surface area (Å²) in [6.45, 7) is 3.00. The van der Waals surface area contributed by atoms with Crippen molar-refractivity contribution in [3.63, 3.8) is 0 Å². The monoisotopic (exact) mass is 542 g/mol. The van der Waals surface area contributed by atoms with Gasteiger partial charge in [0.2, 0.25) is 6.35 Å². The zero-order valence-corrected chi connectivity index (χ0v) is 21.3. The molecule has 2 fully saturated rings. The van der Waals surface area contributed by atoms with Gasteiger partial charge in [0, 0.05) is 55.7 Å². The molecule has 9 nitrogen and oxygen atoms in total. The first kappa shape index (κ1) is 25.8. The topological polar surface area (TPSA) is 99.2 Å². The first-order chi connectivity index (χ1) is 18.8. The maximum Gasteiger partial charge on any atom is 0.202 e. The lowest BCUT2D eigenvalue weighted by Gasteiger charge is -2.45. The van der Waals surface area contributed by atoms with Gasteiger partial charge >= 0.3 is 0 Å². The smallest absolute Gasteiger partial charge is 0.202 e. The van der Waals surface area contributed by atoms with Gasteiger partial charge in [-0.25, -0.2) is 18.2 Å². The van der Waals surface area contributed by atoms with Crippen LogP contribution in [0, 0.1) is 30.3 Å². The van der Waals surface area contributed by atoms with Crippen molar-refractivity contribution >= 4 is 6.21 Å². The second-order valence-electron chi connectivity index (χ2n) is 10.4. The van der Waals surface area contributed by atoms with Crippen LogP contribution in [0.5, 0.6) is 5.75 Å². The molecule has 2 N–H and O–H groups in total. The Morgan fingerprint density at radius 2 is 1.85 bits per heavy atom. The maximum absolute atomic E-state index is 14.7. The highest BCUT2D eigenvalue weighted by molar-refractivity contribution is 5.66. The quantitative estimate of drug-likeness (QED) is 0.428. The third kappa shape index (κ3) is 5.11. The Bertz CT molecular complexity index is 1390. The van der Waals surface area contributed by atoms with Gasteiger partial charge in [-0.1, -0.05) is 0 Å². The van der Waals surface area contributed by atoms with E-state index in [2.05, 4.69) is 15.2 Å². The highest BCUT2D eigenvalue weighted by Gasteiger charge is 2.40. The van der Waals surface area contributed by atoms with Crippen LogP contribution < -0.4 is 4.74 Å². The van der Waals surface area contributed by atoms with Crippen LogP contribution in [0.1, 0.15) is 42.3 Å². The molecule has 1 aromatic carbocycles. The summed E-state index contributed by atoms with van der Waals surface area (Å²) in [5.74, 6) is -1.40. The summed E-state index contributed by atoms with van der Waals surface area (Å²) < 4.78 is 50.0. The fourth-order valence-corrected chi connectivity index (χ4v) is 5.21. The number of rotatable bonds is 9. The molecule has 3 aliphatic rings. The molecule has 1 saturated heterocycles. The highest BCUT2D eigenvalue weighted by atomic mass is 19.1. The highest BCUT2D eigenvalue weighted by Crippen LogP contribution is 2.36. The summed E-state index contributed by atoms with van der Waals surface area (Å²) in [6, 6.07) is 4.25. The van der Waals surface area contributed by atoms with Crippen LogP contribution in [0.4, 0.5) is 13.2 Å². The molecule has 2 aromatic heterocycles. The summed E-state index contributed by atoms with van der Waals surface area (Å²) in [5.41, 5.74) is 2.84. The molecule has 2 aliphatic heterocycles. The molecule has 0 radical (unpaired) electrons. The molecule has 1 saturated carbocycles. The zero-order chi connectivity index (χ0) is 27.3. The number of pyridine rings is 1. The lowest BCUT2D eigenvalue weighted by Crippen LogP contribution is -2.61. The fourth-order valence-electron chi connectivity index (χ4n) is 5.21. The van der Waals surface area contributed by atoms with Gasteiger partial charge in [0.25, 0.3) is 0 Å². The first-order valence-corrected chi connectivity index (χ1v) is 13.0. The number of hydrogen-bond acceptors (Lipinski definition) is 8. The normalized spacial score (nSPS) is 20.5. The van der Waals surface area contributed by atoms with Crippen molar-refractivity contribution in [2.75, 3.05) is 13.1 Å². The average molecular weight is 543 g/mol. The Morgan fingerprint density at radius 1 is 1.10 bits per heavy atom. The van der Waals surface area contributed by atoms with Crippen LogP contribution in [-0.4, -0.2) is 66.6 Å². The minimum atomic E-state index is -1.15. The molecule has 6 rings (SSSR count). The Kier molecular flexibility index (Phi) is 6.77. The number of likely N-dealkylation sites (tertiary alicyclic amines) is 1. The van der Waals surface area contributed by atoms with Crippen LogP contribution in [0.2, 0.25) is 0 Å². The molecule has 12 heteroatoms. The predicted octanol–water partition coefficient (Wildman–Crippen LogP) is 3.34. The number of halogens is 3. The van der Waals surface area contributed by atoms with Crippen LogP contribution in [0.15, 0.2) is 35.6 Å². The number of aliphatic hydroxyl groups is 2. The lowest BCUT2D eigenvalue weighted by molar-refractivity contribution is -0.173. The molecule has 0 bridgehead atoms. The van der Waals surface area contributed by atoms with E-state index in [1.165, 1.54) is 23.2 Å². The van der Waals surface area contributed by atoms with Crippen molar-refractivity contribution in [2.24, 2.45) is 11.0 Å². The maximum atomic E-state index is 14.7. The summed E-state index contributed by atoms with van der Waals surface area (Å²) >= 11 is 0. The Labute approximate surface area is 223 Å². The lowest BCUT2D eigenvalue weighted by atomic mass is 10.0. The summed E-state index contributed by atoms with van der Waals surface area (Å²) in [7, 11) is 0. The summed E-state index contributed by atoms with van der Waals surface area (Å²) in [4.78, 5) is 5.91. The number of aliphatic hydroxyl groups excluding tert-OH is 2. The minimum absolute atomic E-state index is 0.0182. The largest absolute Gasteiger partial charge is 0.485 e. The van der Waals surface area contributed by atoms with E-state index in [0.29, 0.717) is 34.9 Å². The Morgan fingerprint density at radius 3 is 2.54 bits per heavy atom. The fraction of sp³-hybridized carbons (Fsp3) is 0.444. The molecule has 1 unspecified atom stereocenters. The number of nitrogens with zero attached hydrogens (tertiary/aromatic N) is 6. The van der Waals surface area contributed by atoms with E-state index in [0.717, 1.165) is 37.3 Å². The minimum Gasteiger partial charge on any atom is -0.485 e. The van der Waals surface area contributed by atoms with E-state index in [4.69, 9.17) is 4.74 Å². The van der Waals surface area contributed by atoms with E-state index in [9.17, 15) is 23.4 Å². The van der Waals surface area contributed by atoms with Gasteiger partial charge in [-0.05, 0) is 43.4 Å².